The maximum Gasteiger partial charge on any atom is 0.146 e. The number of imidazole rings is 1. The summed E-state index contributed by atoms with van der Waals surface area (Å²) in [5, 5.41) is 2.51. The van der Waals surface area contributed by atoms with E-state index in [1.54, 1.807) is 0 Å². The number of rotatable bonds is 4. The molecule has 0 fully saturated rings. The molecule has 2 heteroatoms. The molecule has 1 heterocycles. The van der Waals surface area contributed by atoms with Crippen LogP contribution in [0.1, 0.15) is 0 Å². The Morgan fingerprint density at radius 3 is 1.60 bits per heavy atom. The van der Waals surface area contributed by atoms with Crippen molar-refractivity contribution < 1.29 is 0 Å². The van der Waals surface area contributed by atoms with Crippen LogP contribution in [0.25, 0.3) is 83.4 Å². The lowest BCUT2D eigenvalue weighted by Gasteiger charge is -2.15. The summed E-state index contributed by atoms with van der Waals surface area (Å²) in [5.41, 5.74) is 14.5. The number of hydrogen-bond donors (Lipinski definition) is 0. The van der Waals surface area contributed by atoms with Gasteiger partial charge in [0.1, 0.15) is 5.82 Å². The summed E-state index contributed by atoms with van der Waals surface area (Å²) in [6.07, 6.45) is 0. The predicted octanol–water partition coefficient (Wildman–Crippen LogP) is 10.8. The van der Waals surface area contributed by atoms with Crippen LogP contribution in [0, 0.1) is 0 Å². The molecule has 0 amide bonds. The summed E-state index contributed by atoms with van der Waals surface area (Å²) in [5.74, 6) is 0.957. The Morgan fingerprint density at radius 2 is 0.930 bits per heavy atom. The number of benzene rings is 7. The van der Waals surface area contributed by atoms with E-state index in [1.807, 2.05) is 0 Å². The summed E-state index contributed by atoms with van der Waals surface area (Å²) < 4.78 is 2.30. The van der Waals surface area contributed by atoms with E-state index in [1.165, 1.54) is 55.3 Å². The van der Waals surface area contributed by atoms with Crippen LogP contribution in [0.5, 0.6) is 0 Å². The summed E-state index contributed by atoms with van der Waals surface area (Å²) in [6.45, 7) is 0. The first kappa shape index (κ1) is 23.9. The first-order valence-electron chi connectivity index (χ1n) is 14.7. The normalized spacial score (nSPS) is 11.7. The molecule has 0 saturated carbocycles. The highest BCUT2D eigenvalue weighted by atomic mass is 15.1. The van der Waals surface area contributed by atoms with Crippen LogP contribution in [0.3, 0.4) is 0 Å². The third-order valence-electron chi connectivity index (χ3n) is 8.77. The minimum absolute atomic E-state index is 0.957. The average molecular weight is 547 g/mol. The molecule has 0 radical (unpaired) electrons. The van der Waals surface area contributed by atoms with Gasteiger partial charge < -0.3 is 0 Å². The Balaban J connectivity index is 1.37. The lowest BCUT2D eigenvalue weighted by atomic mass is 9.88. The SMILES string of the molecule is c1ccc(-c2ccc(-c3ccccc3)c3c2-c2cccc4c(-c5nc6ccccc6n5-c5ccccc5)ccc-3c24)cc1. The highest BCUT2D eigenvalue weighted by molar-refractivity contribution is 6.23. The Kier molecular flexibility index (Phi) is 5.23. The highest BCUT2D eigenvalue weighted by Crippen LogP contribution is 2.55. The number of fused-ring (bicyclic) bond motifs is 4. The van der Waals surface area contributed by atoms with Crippen molar-refractivity contribution in [3.05, 3.63) is 158 Å². The van der Waals surface area contributed by atoms with Crippen molar-refractivity contribution in [3.63, 3.8) is 0 Å². The van der Waals surface area contributed by atoms with Gasteiger partial charge in [0.05, 0.1) is 11.0 Å². The van der Waals surface area contributed by atoms with Crippen molar-refractivity contribution in [3.8, 4) is 61.6 Å². The number of hydrogen-bond acceptors (Lipinski definition) is 1. The van der Waals surface area contributed by atoms with E-state index in [9.17, 15) is 0 Å². The molecule has 1 aliphatic carbocycles. The molecule has 0 N–H and O–H groups in total. The van der Waals surface area contributed by atoms with E-state index in [2.05, 4.69) is 162 Å². The quantitative estimate of drug-likeness (QED) is 0.215. The fourth-order valence-electron chi connectivity index (χ4n) is 6.94. The van der Waals surface area contributed by atoms with Crippen LogP contribution >= 0.6 is 0 Å². The molecule has 0 unspecified atom stereocenters. The fourth-order valence-corrected chi connectivity index (χ4v) is 6.94. The molecular weight excluding hydrogens is 520 g/mol. The molecule has 0 spiro atoms. The van der Waals surface area contributed by atoms with Gasteiger partial charge in [0.2, 0.25) is 0 Å². The standard InChI is InChI=1S/C41H26N2/c1-4-13-27(14-5-1)30-23-24-31(28-15-6-2-7-16-28)40-35-26-25-33(32-19-12-20-34(38(32)35)39(30)40)41-42-36-21-10-11-22-37(36)43(41)29-17-8-3-9-18-29/h1-26H. The molecule has 8 aromatic rings. The zero-order valence-electron chi connectivity index (χ0n) is 23.4. The minimum atomic E-state index is 0.957. The second-order valence-electron chi connectivity index (χ2n) is 11.1. The first-order valence-corrected chi connectivity index (χ1v) is 14.7. The maximum absolute atomic E-state index is 5.23. The summed E-state index contributed by atoms with van der Waals surface area (Å²) in [7, 11) is 0. The van der Waals surface area contributed by atoms with E-state index in [-0.39, 0.29) is 0 Å². The van der Waals surface area contributed by atoms with Gasteiger partial charge in [0.15, 0.2) is 0 Å². The predicted molar refractivity (Wildman–Crippen MR) is 179 cm³/mol. The van der Waals surface area contributed by atoms with E-state index in [0.717, 1.165) is 28.1 Å². The van der Waals surface area contributed by atoms with Gasteiger partial charge in [-0.25, -0.2) is 4.98 Å². The second kappa shape index (κ2) is 9.40. The summed E-state index contributed by atoms with van der Waals surface area (Å²) in [4.78, 5) is 5.23. The summed E-state index contributed by atoms with van der Waals surface area (Å²) >= 11 is 0. The van der Waals surface area contributed by atoms with Crippen LogP contribution in [-0.4, -0.2) is 9.55 Å². The van der Waals surface area contributed by atoms with Gasteiger partial charge in [0, 0.05) is 11.3 Å². The summed E-state index contributed by atoms with van der Waals surface area (Å²) in [6, 6.07) is 56.5. The van der Waals surface area contributed by atoms with Crippen molar-refractivity contribution in [2.24, 2.45) is 0 Å². The Bertz CT molecular complexity index is 2240. The molecule has 2 nitrogen and oxygen atoms in total. The minimum Gasteiger partial charge on any atom is -0.292 e. The molecule has 9 rings (SSSR count). The van der Waals surface area contributed by atoms with E-state index < -0.39 is 0 Å². The van der Waals surface area contributed by atoms with Gasteiger partial charge in [-0.1, -0.05) is 127 Å². The average Bonchev–Trinajstić information content (AvgIpc) is 3.63. The molecule has 0 saturated heterocycles. The van der Waals surface area contributed by atoms with E-state index in [4.69, 9.17) is 4.98 Å². The second-order valence-corrected chi connectivity index (χ2v) is 11.1. The molecule has 1 aromatic heterocycles. The highest BCUT2D eigenvalue weighted by Gasteiger charge is 2.29. The van der Waals surface area contributed by atoms with E-state index in [0.29, 0.717) is 0 Å². The molecule has 7 aromatic carbocycles. The van der Waals surface area contributed by atoms with Gasteiger partial charge in [-0.15, -0.1) is 0 Å². The van der Waals surface area contributed by atoms with Crippen LogP contribution in [0.15, 0.2) is 158 Å². The molecule has 0 bridgehead atoms. The van der Waals surface area contributed by atoms with Crippen molar-refractivity contribution >= 4 is 21.8 Å². The molecule has 1 aliphatic rings. The third kappa shape index (κ3) is 3.57. The molecule has 0 aliphatic heterocycles. The van der Waals surface area contributed by atoms with Gasteiger partial charge in [-0.2, -0.15) is 0 Å². The maximum atomic E-state index is 5.23. The van der Waals surface area contributed by atoms with Crippen LogP contribution in [-0.2, 0) is 0 Å². The van der Waals surface area contributed by atoms with Crippen molar-refractivity contribution in [2.45, 2.75) is 0 Å². The van der Waals surface area contributed by atoms with Crippen LogP contribution in [0.4, 0.5) is 0 Å². The largest absolute Gasteiger partial charge is 0.292 e. The van der Waals surface area contributed by atoms with Gasteiger partial charge >= 0.3 is 0 Å². The lowest BCUT2D eigenvalue weighted by molar-refractivity contribution is 1.11. The Morgan fingerprint density at radius 1 is 0.395 bits per heavy atom. The Hall–Kier alpha value is -5.73. The molecular formula is C41H26N2. The van der Waals surface area contributed by atoms with Gasteiger partial charge in [0.25, 0.3) is 0 Å². The third-order valence-corrected chi connectivity index (χ3v) is 8.77. The van der Waals surface area contributed by atoms with Gasteiger partial charge in [-0.3, -0.25) is 4.57 Å². The first-order chi connectivity index (χ1) is 21.4. The van der Waals surface area contributed by atoms with Gasteiger partial charge in [-0.05, 0) is 85.6 Å². The number of nitrogens with zero attached hydrogens (tertiary/aromatic N) is 2. The lowest BCUT2D eigenvalue weighted by Crippen LogP contribution is -1.98. The van der Waals surface area contributed by atoms with Crippen LogP contribution in [0.2, 0.25) is 0 Å². The van der Waals surface area contributed by atoms with Crippen molar-refractivity contribution in [1.29, 1.82) is 0 Å². The molecule has 200 valence electrons. The molecule has 43 heavy (non-hydrogen) atoms. The van der Waals surface area contributed by atoms with Crippen LogP contribution < -0.4 is 0 Å². The number of para-hydroxylation sites is 3. The van der Waals surface area contributed by atoms with E-state index >= 15 is 0 Å². The zero-order valence-corrected chi connectivity index (χ0v) is 23.4. The number of aromatic nitrogens is 2. The Labute approximate surface area is 250 Å². The topological polar surface area (TPSA) is 17.8 Å². The van der Waals surface area contributed by atoms with Crippen molar-refractivity contribution in [1.82, 2.24) is 9.55 Å². The fraction of sp³-hybridized carbons (Fsp3) is 0. The smallest absolute Gasteiger partial charge is 0.146 e. The monoisotopic (exact) mass is 546 g/mol. The molecule has 0 atom stereocenters. The zero-order chi connectivity index (χ0) is 28.3. The van der Waals surface area contributed by atoms with Crippen molar-refractivity contribution in [2.75, 3.05) is 0 Å².